The van der Waals surface area contributed by atoms with Crippen molar-refractivity contribution < 1.29 is 23.1 Å². The highest BCUT2D eigenvalue weighted by molar-refractivity contribution is 7.78. The molecule has 4 rings (SSSR count). The monoisotopic (exact) mass is 495 g/mol. The van der Waals surface area contributed by atoms with Crippen molar-refractivity contribution in [3.8, 4) is 0 Å². The number of hydrazone groups is 1. The molecule has 0 aliphatic carbocycles. The number of amides is 1. The van der Waals surface area contributed by atoms with E-state index < -0.39 is 17.3 Å². The van der Waals surface area contributed by atoms with Gasteiger partial charge in [-0.05, 0) is 29.7 Å². The Morgan fingerprint density at radius 2 is 1.91 bits per heavy atom. The molecular formula is C24H25N5O5S. The van der Waals surface area contributed by atoms with Crippen LogP contribution in [0.3, 0.4) is 0 Å². The number of carbonyl (C=O) groups is 2. The first-order chi connectivity index (χ1) is 17.0. The molecule has 182 valence electrons. The van der Waals surface area contributed by atoms with E-state index in [-0.39, 0.29) is 17.8 Å². The predicted octanol–water partition coefficient (Wildman–Crippen LogP) is 2.92. The Balaban J connectivity index is 1.51. The maximum absolute atomic E-state index is 12.2. The maximum atomic E-state index is 12.2. The first-order valence-corrected chi connectivity index (χ1v) is 12.3. The van der Waals surface area contributed by atoms with Gasteiger partial charge in [0.25, 0.3) is 5.91 Å². The molecular weight excluding hydrogens is 470 g/mol. The van der Waals surface area contributed by atoms with Gasteiger partial charge < -0.3 is 19.6 Å². The Labute approximate surface area is 204 Å². The van der Waals surface area contributed by atoms with Gasteiger partial charge in [-0.3, -0.25) is 14.6 Å². The lowest BCUT2D eigenvalue weighted by Gasteiger charge is -2.35. The van der Waals surface area contributed by atoms with Crippen LogP contribution in [0.25, 0.3) is 0 Å². The van der Waals surface area contributed by atoms with Gasteiger partial charge in [-0.1, -0.05) is 43.3 Å². The van der Waals surface area contributed by atoms with E-state index in [9.17, 15) is 13.8 Å². The van der Waals surface area contributed by atoms with Crippen LogP contribution >= 0.6 is 0 Å². The Kier molecular flexibility index (Phi) is 7.80. The fourth-order valence-electron chi connectivity index (χ4n) is 3.70. The predicted molar refractivity (Wildman–Crippen MR) is 131 cm³/mol. The average Bonchev–Trinajstić information content (AvgIpc) is 3.40. The molecule has 3 N–H and O–H groups in total. The first-order valence-electron chi connectivity index (χ1n) is 11.0. The molecule has 3 atom stereocenters. The van der Waals surface area contributed by atoms with Gasteiger partial charge in [-0.15, -0.1) is 0 Å². The zero-order chi connectivity index (χ0) is 24.8. The molecule has 2 aromatic carbocycles. The van der Waals surface area contributed by atoms with Crippen LogP contribution in [0.1, 0.15) is 40.5 Å². The molecule has 0 bridgehead atoms. The minimum atomic E-state index is -1.91. The molecule has 3 aromatic rings. The van der Waals surface area contributed by atoms with Crippen LogP contribution in [0.15, 0.2) is 66.2 Å². The third-order valence-electron chi connectivity index (χ3n) is 5.46. The molecule has 0 fully saturated rings. The molecule has 2 heterocycles. The first kappa shape index (κ1) is 24.5. The van der Waals surface area contributed by atoms with E-state index in [1.165, 1.54) is 12.5 Å². The SMILES string of the molecule is CCC1OC(C=O)N(Cc2ccc(NC(=O)c3cnc[nH]3)cc2)N=C1c1ccc(CS(=O)O)cc1. The highest BCUT2D eigenvalue weighted by atomic mass is 32.2. The fraction of sp³-hybridized carbons (Fsp3) is 0.250. The van der Waals surface area contributed by atoms with E-state index >= 15 is 0 Å². The van der Waals surface area contributed by atoms with Crippen LogP contribution in [0.2, 0.25) is 0 Å². The van der Waals surface area contributed by atoms with E-state index in [4.69, 9.17) is 14.4 Å². The number of rotatable bonds is 9. The molecule has 0 spiro atoms. The Morgan fingerprint density at radius 1 is 1.20 bits per heavy atom. The van der Waals surface area contributed by atoms with Gasteiger partial charge in [0.05, 0.1) is 30.5 Å². The van der Waals surface area contributed by atoms with Gasteiger partial charge in [0.2, 0.25) is 6.23 Å². The summed E-state index contributed by atoms with van der Waals surface area (Å²) >= 11 is -1.91. The second kappa shape index (κ2) is 11.2. The number of nitrogens with zero attached hydrogens (tertiary/aromatic N) is 3. The van der Waals surface area contributed by atoms with E-state index in [1.54, 1.807) is 29.3 Å². The summed E-state index contributed by atoms with van der Waals surface area (Å²) in [6, 6.07) is 14.5. The minimum absolute atomic E-state index is 0.0537. The van der Waals surface area contributed by atoms with Crippen LogP contribution in [0, 0.1) is 0 Å². The second-order valence-corrected chi connectivity index (χ2v) is 8.85. The van der Waals surface area contributed by atoms with Crippen molar-refractivity contribution in [2.45, 2.75) is 38.0 Å². The maximum Gasteiger partial charge on any atom is 0.273 e. The van der Waals surface area contributed by atoms with E-state index in [0.717, 1.165) is 23.0 Å². The summed E-state index contributed by atoms with van der Waals surface area (Å²) in [5, 5.41) is 9.12. The number of nitrogens with one attached hydrogen (secondary N) is 2. The number of H-pyrrole nitrogens is 1. The van der Waals surface area contributed by atoms with Gasteiger partial charge in [-0.25, -0.2) is 9.19 Å². The van der Waals surface area contributed by atoms with Crippen molar-refractivity contribution in [1.29, 1.82) is 0 Å². The number of aromatic nitrogens is 2. The lowest BCUT2D eigenvalue weighted by molar-refractivity contribution is -0.139. The molecule has 35 heavy (non-hydrogen) atoms. The van der Waals surface area contributed by atoms with Crippen LogP contribution < -0.4 is 5.32 Å². The molecule has 3 unspecified atom stereocenters. The molecule has 1 amide bonds. The molecule has 1 aromatic heterocycles. The second-order valence-electron chi connectivity index (χ2n) is 7.92. The molecule has 0 radical (unpaired) electrons. The zero-order valence-electron chi connectivity index (χ0n) is 19.0. The minimum Gasteiger partial charge on any atom is -0.341 e. The smallest absolute Gasteiger partial charge is 0.273 e. The lowest BCUT2D eigenvalue weighted by atomic mass is 10.0. The van der Waals surface area contributed by atoms with Gasteiger partial charge >= 0.3 is 0 Å². The highest BCUT2D eigenvalue weighted by Crippen LogP contribution is 2.23. The Hall–Kier alpha value is -3.67. The lowest BCUT2D eigenvalue weighted by Crippen LogP contribution is -2.45. The van der Waals surface area contributed by atoms with Crippen LogP contribution in [0.5, 0.6) is 0 Å². The third kappa shape index (κ3) is 6.07. The summed E-state index contributed by atoms with van der Waals surface area (Å²) in [6.07, 6.45) is 3.04. The van der Waals surface area contributed by atoms with E-state index in [2.05, 4.69) is 15.3 Å². The number of ether oxygens (including phenoxy) is 1. The zero-order valence-corrected chi connectivity index (χ0v) is 19.8. The number of aromatic amines is 1. The molecule has 1 aliphatic heterocycles. The number of imidazole rings is 1. The summed E-state index contributed by atoms with van der Waals surface area (Å²) < 4.78 is 26.2. The summed E-state index contributed by atoms with van der Waals surface area (Å²) in [4.78, 5) is 30.5. The number of benzene rings is 2. The van der Waals surface area contributed by atoms with Gasteiger partial charge in [0, 0.05) is 11.3 Å². The number of carbonyl (C=O) groups excluding carboxylic acids is 2. The summed E-state index contributed by atoms with van der Waals surface area (Å²) in [5.41, 5.74) is 4.09. The number of hydrogen-bond donors (Lipinski definition) is 3. The van der Waals surface area contributed by atoms with Crippen molar-refractivity contribution in [2.75, 3.05) is 5.32 Å². The topological polar surface area (TPSA) is 137 Å². The normalized spacial score (nSPS) is 18.6. The molecule has 11 heteroatoms. The van der Waals surface area contributed by atoms with Crippen LogP contribution in [-0.4, -0.2) is 54.0 Å². The standard InChI is InChI=1S/C24H25N5O5S/c1-2-21-23(18-7-3-17(4-8-18)14-35(32)33)28-29(22(13-30)34-21)12-16-5-9-19(10-6-16)27-24(31)20-11-25-15-26-20/h3-11,13,15,21-22H,2,12,14H2,1H3,(H,25,26)(H,27,31)(H,32,33). The van der Waals surface area contributed by atoms with Crippen molar-refractivity contribution in [3.63, 3.8) is 0 Å². The quantitative estimate of drug-likeness (QED) is 0.307. The van der Waals surface area contributed by atoms with Gasteiger partial charge in [0.1, 0.15) is 11.8 Å². The van der Waals surface area contributed by atoms with Crippen LogP contribution in [0.4, 0.5) is 5.69 Å². The molecule has 0 saturated heterocycles. The van der Waals surface area contributed by atoms with E-state index in [1.807, 2.05) is 31.2 Å². The van der Waals surface area contributed by atoms with Crippen molar-refractivity contribution in [3.05, 3.63) is 83.4 Å². The van der Waals surface area contributed by atoms with Crippen molar-refractivity contribution in [2.24, 2.45) is 5.10 Å². The summed E-state index contributed by atoms with van der Waals surface area (Å²) in [5.74, 6) is -0.241. The number of hydrogen-bond acceptors (Lipinski definition) is 7. The van der Waals surface area contributed by atoms with Crippen LogP contribution in [-0.2, 0) is 32.9 Å². The number of anilines is 1. The third-order valence-corrected chi connectivity index (χ3v) is 6.05. The number of aldehydes is 1. The van der Waals surface area contributed by atoms with Gasteiger partial charge in [0.15, 0.2) is 17.4 Å². The summed E-state index contributed by atoms with van der Waals surface area (Å²) in [7, 11) is 0. The Morgan fingerprint density at radius 3 is 2.51 bits per heavy atom. The Bertz CT molecular complexity index is 1210. The van der Waals surface area contributed by atoms with E-state index in [0.29, 0.717) is 30.1 Å². The molecule has 0 saturated carbocycles. The van der Waals surface area contributed by atoms with Crippen molar-refractivity contribution >= 4 is 34.7 Å². The van der Waals surface area contributed by atoms with Crippen molar-refractivity contribution in [1.82, 2.24) is 15.0 Å². The largest absolute Gasteiger partial charge is 0.341 e. The van der Waals surface area contributed by atoms with Gasteiger partial charge in [-0.2, -0.15) is 5.10 Å². The highest BCUT2D eigenvalue weighted by Gasteiger charge is 2.31. The average molecular weight is 496 g/mol. The fourth-order valence-corrected chi connectivity index (χ4v) is 4.17. The summed E-state index contributed by atoms with van der Waals surface area (Å²) in [6.45, 7) is 2.27. The molecule has 10 nitrogen and oxygen atoms in total. The molecule has 1 aliphatic rings.